The Morgan fingerprint density at radius 3 is 2.86 bits per heavy atom. The van der Waals surface area contributed by atoms with Crippen LogP contribution in [0.2, 0.25) is 0 Å². The SMILES string of the molecule is NC1Cc2ccccc2N(C2CCOC3(CCCC3)C2)C1. The van der Waals surface area contributed by atoms with Gasteiger partial charge >= 0.3 is 0 Å². The molecule has 0 bridgehead atoms. The van der Waals surface area contributed by atoms with Crippen molar-refractivity contribution in [1.29, 1.82) is 0 Å². The van der Waals surface area contributed by atoms with E-state index in [1.807, 2.05) is 0 Å². The summed E-state index contributed by atoms with van der Waals surface area (Å²) in [7, 11) is 0. The molecule has 0 aromatic heterocycles. The number of nitrogens with zero attached hydrogens (tertiary/aromatic N) is 1. The van der Waals surface area contributed by atoms with Crippen LogP contribution in [0.1, 0.15) is 44.1 Å². The average Bonchev–Trinajstić information content (AvgIpc) is 2.94. The van der Waals surface area contributed by atoms with E-state index in [-0.39, 0.29) is 11.6 Å². The van der Waals surface area contributed by atoms with Gasteiger partial charge in [0.1, 0.15) is 0 Å². The Morgan fingerprint density at radius 1 is 1.19 bits per heavy atom. The lowest BCUT2D eigenvalue weighted by Crippen LogP contribution is -2.53. The molecule has 4 rings (SSSR count). The van der Waals surface area contributed by atoms with Crippen LogP contribution in [0.25, 0.3) is 0 Å². The summed E-state index contributed by atoms with van der Waals surface area (Å²) >= 11 is 0. The monoisotopic (exact) mass is 286 g/mol. The molecule has 1 aliphatic carbocycles. The van der Waals surface area contributed by atoms with E-state index >= 15 is 0 Å². The summed E-state index contributed by atoms with van der Waals surface area (Å²) in [6, 6.07) is 9.68. The predicted molar refractivity (Wildman–Crippen MR) is 85.6 cm³/mol. The van der Waals surface area contributed by atoms with Gasteiger partial charge in [-0.1, -0.05) is 31.0 Å². The van der Waals surface area contributed by atoms with Gasteiger partial charge in [0, 0.05) is 30.9 Å². The van der Waals surface area contributed by atoms with Gasteiger partial charge in [0.15, 0.2) is 0 Å². The van der Waals surface area contributed by atoms with E-state index in [1.54, 1.807) is 0 Å². The smallest absolute Gasteiger partial charge is 0.0702 e. The molecule has 1 saturated heterocycles. The molecule has 2 atom stereocenters. The predicted octanol–water partition coefficient (Wildman–Crippen LogP) is 2.87. The first-order chi connectivity index (χ1) is 10.3. The van der Waals surface area contributed by atoms with Gasteiger partial charge in [-0.3, -0.25) is 0 Å². The summed E-state index contributed by atoms with van der Waals surface area (Å²) in [4.78, 5) is 2.59. The molecule has 2 N–H and O–H groups in total. The molecule has 0 radical (unpaired) electrons. The Kier molecular flexibility index (Phi) is 3.43. The Hall–Kier alpha value is -1.06. The van der Waals surface area contributed by atoms with Crippen LogP contribution in [0.5, 0.6) is 0 Å². The van der Waals surface area contributed by atoms with Gasteiger partial charge in [0.05, 0.1) is 5.60 Å². The molecule has 114 valence electrons. The second kappa shape index (κ2) is 5.29. The van der Waals surface area contributed by atoms with Gasteiger partial charge in [0.25, 0.3) is 0 Å². The Bertz CT molecular complexity index is 510. The van der Waals surface area contributed by atoms with Gasteiger partial charge in [0.2, 0.25) is 0 Å². The zero-order valence-electron chi connectivity index (χ0n) is 12.8. The first-order valence-electron chi connectivity index (χ1n) is 8.50. The number of fused-ring (bicyclic) bond motifs is 1. The minimum Gasteiger partial charge on any atom is -0.375 e. The first-order valence-corrected chi connectivity index (χ1v) is 8.50. The lowest BCUT2D eigenvalue weighted by Gasteiger charge is -2.46. The molecule has 1 aromatic rings. The van der Waals surface area contributed by atoms with Crippen molar-refractivity contribution in [1.82, 2.24) is 0 Å². The van der Waals surface area contributed by atoms with Crippen LogP contribution in [0.15, 0.2) is 24.3 Å². The Balaban J connectivity index is 1.61. The molecule has 2 aliphatic heterocycles. The molecule has 0 amide bonds. The fraction of sp³-hybridized carbons (Fsp3) is 0.667. The second-order valence-electron chi connectivity index (χ2n) is 7.13. The molecule has 3 nitrogen and oxygen atoms in total. The number of hydrogen-bond acceptors (Lipinski definition) is 3. The van der Waals surface area contributed by atoms with Crippen molar-refractivity contribution < 1.29 is 4.74 Å². The lowest BCUT2D eigenvalue weighted by molar-refractivity contribution is -0.0802. The minimum atomic E-state index is 0.180. The topological polar surface area (TPSA) is 38.5 Å². The van der Waals surface area contributed by atoms with E-state index < -0.39 is 0 Å². The van der Waals surface area contributed by atoms with E-state index in [2.05, 4.69) is 29.2 Å². The van der Waals surface area contributed by atoms with Crippen LogP contribution in [0, 0.1) is 0 Å². The minimum absolute atomic E-state index is 0.180. The van der Waals surface area contributed by atoms with Crippen LogP contribution >= 0.6 is 0 Å². The maximum Gasteiger partial charge on any atom is 0.0702 e. The Morgan fingerprint density at radius 2 is 2.00 bits per heavy atom. The number of rotatable bonds is 1. The molecular formula is C18H26N2O. The number of ether oxygens (including phenoxy) is 1. The number of nitrogens with two attached hydrogens (primary N) is 1. The summed E-state index contributed by atoms with van der Waals surface area (Å²) < 4.78 is 6.20. The molecule has 1 spiro atoms. The van der Waals surface area contributed by atoms with Gasteiger partial charge in [-0.15, -0.1) is 0 Å². The van der Waals surface area contributed by atoms with Crippen molar-refractivity contribution in [3.8, 4) is 0 Å². The Labute approximate surface area is 127 Å². The average molecular weight is 286 g/mol. The number of benzene rings is 1. The molecule has 3 heteroatoms. The van der Waals surface area contributed by atoms with E-state index in [0.717, 1.165) is 26.0 Å². The summed E-state index contributed by atoms with van der Waals surface area (Å²) in [6.07, 6.45) is 8.53. The van der Waals surface area contributed by atoms with E-state index in [0.29, 0.717) is 6.04 Å². The van der Waals surface area contributed by atoms with E-state index in [9.17, 15) is 0 Å². The molecule has 2 unspecified atom stereocenters. The molecule has 21 heavy (non-hydrogen) atoms. The lowest BCUT2D eigenvalue weighted by atomic mass is 9.86. The van der Waals surface area contributed by atoms with Gasteiger partial charge in [-0.25, -0.2) is 0 Å². The maximum absolute atomic E-state index is 6.32. The number of para-hydroxylation sites is 1. The standard InChI is InChI=1S/C18H26N2O/c19-15-11-14-5-1-2-6-17(14)20(13-15)16-7-10-21-18(12-16)8-3-4-9-18/h1-2,5-6,15-16H,3-4,7-13,19H2. The second-order valence-corrected chi connectivity index (χ2v) is 7.13. The summed E-state index contributed by atoms with van der Waals surface area (Å²) in [5, 5.41) is 0. The van der Waals surface area contributed by atoms with Crippen LogP contribution in [-0.2, 0) is 11.2 Å². The third kappa shape index (κ3) is 2.47. The van der Waals surface area contributed by atoms with Crippen molar-refractivity contribution in [3.05, 3.63) is 29.8 Å². The molecular weight excluding hydrogens is 260 g/mol. The highest BCUT2D eigenvalue weighted by molar-refractivity contribution is 5.57. The number of anilines is 1. The quantitative estimate of drug-likeness (QED) is 0.863. The first kappa shape index (κ1) is 13.6. The van der Waals surface area contributed by atoms with Crippen LogP contribution in [-0.4, -0.2) is 30.8 Å². The van der Waals surface area contributed by atoms with Crippen molar-refractivity contribution in [2.45, 2.75) is 62.6 Å². The molecule has 1 aromatic carbocycles. The highest BCUT2D eigenvalue weighted by atomic mass is 16.5. The van der Waals surface area contributed by atoms with E-state index in [1.165, 1.54) is 43.4 Å². The normalized spacial score (nSPS) is 31.4. The zero-order chi connectivity index (χ0) is 14.3. The number of hydrogen-bond donors (Lipinski definition) is 1. The van der Waals surface area contributed by atoms with Crippen molar-refractivity contribution in [2.75, 3.05) is 18.1 Å². The summed E-state index contributed by atoms with van der Waals surface area (Å²) in [6.45, 7) is 1.91. The van der Waals surface area contributed by atoms with Crippen LogP contribution in [0.4, 0.5) is 5.69 Å². The van der Waals surface area contributed by atoms with Crippen molar-refractivity contribution >= 4 is 5.69 Å². The van der Waals surface area contributed by atoms with Crippen molar-refractivity contribution in [2.24, 2.45) is 5.73 Å². The fourth-order valence-corrected chi connectivity index (χ4v) is 4.64. The fourth-order valence-electron chi connectivity index (χ4n) is 4.64. The van der Waals surface area contributed by atoms with Crippen molar-refractivity contribution in [3.63, 3.8) is 0 Å². The highest BCUT2D eigenvalue weighted by Crippen LogP contribution is 2.42. The van der Waals surface area contributed by atoms with E-state index in [4.69, 9.17) is 10.5 Å². The third-order valence-electron chi connectivity index (χ3n) is 5.64. The molecule has 2 heterocycles. The maximum atomic E-state index is 6.32. The van der Waals surface area contributed by atoms with Crippen LogP contribution < -0.4 is 10.6 Å². The molecule has 2 fully saturated rings. The molecule has 1 saturated carbocycles. The highest BCUT2D eigenvalue weighted by Gasteiger charge is 2.42. The largest absolute Gasteiger partial charge is 0.375 e. The summed E-state index contributed by atoms with van der Waals surface area (Å²) in [5.74, 6) is 0. The van der Waals surface area contributed by atoms with Crippen LogP contribution in [0.3, 0.4) is 0 Å². The van der Waals surface area contributed by atoms with Gasteiger partial charge < -0.3 is 15.4 Å². The van der Waals surface area contributed by atoms with Gasteiger partial charge in [-0.2, -0.15) is 0 Å². The zero-order valence-corrected chi connectivity index (χ0v) is 12.8. The summed E-state index contributed by atoms with van der Waals surface area (Å²) in [5.41, 5.74) is 9.33. The molecule has 3 aliphatic rings. The van der Waals surface area contributed by atoms with Gasteiger partial charge in [-0.05, 0) is 43.7 Å². The third-order valence-corrected chi connectivity index (χ3v) is 5.64.